The van der Waals surface area contributed by atoms with Crippen LogP contribution in [0, 0.1) is 5.41 Å². The maximum atomic E-state index is 13.1. The SMILES string of the molecule is COc1cc(CCC(=O)C(C)(C)C(=O)CCc2cc(CN3CCN(C)CC3)c(O)c(OC)c2)ccc1O. The number of phenols is 2. The van der Waals surface area contributed by atoms with Crippen molar-refractivity contribution in [1.82, 2.24) is 9.80 Å². The number of carbonyl (C=O) groups excluding carboxylic acids is 2. The molecule has 2 aromatic rings. The van der Waals surface area contributed by atoms with Crippen molar-refractivity contribution in [2.75, 3.05) is 47.4 Å². The van der Waals surface area contributed by atoms with Crippen LogP contribution >= 0.6 is 0 Å². The maximum Gasteiger partial charge on any atom is 0.162 e. The van der Waals surface area contributed by atoms with Gasteiger partial charge in [-0.25, -0.2) is 0 Å². The average Bonchev–Trinajstić information content (AvgIpc) is 2.89. The first-order valence-corrected chi connectivity index (χ1v) is 12.8. The van der Waals surface area contributed by atoms with Gasteiger partial charge >= 0.3 is 0 Å². The normalized spacial score (nSPS) is 14.9. The van der Waals surface area contributed by atoms with E-state index in [1.165, 1.54) is 14.2 Å². The molecule has 2 N–H and O–H groups in total. The molecule has 0 amide bonds. The molecule has 0 spiro atoms. The predicted molar refractivity (Wildman–Crippen MR) is 143 cm³/mol. The minimum Gasteiger partial charge on any atom is -0.504 e. The summed E-state index contributed by atoms with van der Waals surface area (Å²) in [6.45, 7) is 7.80. The van der Waals surface area contributed by atoms with E-state index < -0.39 is 5.41 Å². The van der Waals surface area contributed by atoms with Crippen molar-refractivity contribution in [3.05, 3.63) is 47.0 Å². The standard InChI is InChI=1S/C29H40N2O6/c1-29(2,26(33)10-7-20-6-9-23(32)24(17-20)36-4)27(34)11-8-21-16-22(28(35)25(18-21)37-5)19-31-14-12-30(3)13-15-31/h6,9,16-18,32,35H,7-8,10-15,19H2,1-5H3. The second-order valence-corrected chi connectivity index (χ2v) is 10.4. The molecule has 2 aromatic carbocycles. The quantitative estimate of drug-likeness (QED) is 0.416. The van der Waals surface area contributed by atoms with E-state index in [-0.39, 0.29) is 35.9 Å². The number of hydrogen-bond donors (Lipinski definition) is 2. The Bertz CT molecular complexity index is 1110. The summed E-state index contributed by atoms with van der Waals surface area (Å²) >= 11 is 0. The lowest BCUT2D eigenvalue weighted by Gasteiger charge is -2.32. The van der Waals surface area contributed by atoms with E-state index in [0.717, 1.165) is 42.9 Å². The van der Waals surface area contributed by atoms with Crippen molar-refractivity contribution in [3.8, 4) is 23.0 Å². The molecule has 1 aliphatic rings. The number of ether oxygens (including phenoxy) is 2. The molecule has 37 heavy (non-hydrogen) atoms. The molecule has 8 heteroatoms. The van der Waals surface area contributed by atoms with E-state index in [9.17, 15) is 19.8 Å². The molecule has 0 aromatic heterocycles. The van der Waals surface area contributed by atoms with Crippen LogP contribution in [0.1, 0.15) is 43.4 Å². The van der Waals surface area contributed by atoms with Crippen LogP contribution in [-0.4, -0.2) is 79.0 Å². The van der Waals surface area contributed by atoms with Gasteiger partial charge in [0.1, 0.15) is 11.6 Å². The topological polar surface area (TPSA) is 99.5 Å². The van der Waals surface area contributed by atoms with E-state index in [2.05, 4.69) is 16.8 Å². The molecule has 8 nitrogen and oxygen atoms in total. The van der Waals surface area contributed by atoms with Crippen LogP contribution in [0.3, 0.4) is 0 Å². The number of Topliss-reactive ketones (excluding diaryl/α,β-unsaturated/α-hetero) is 2. The number of aromatic hydroxyl groups is 2. The van der Waals surface area contributed by atoms with E-state index in [4.69, 9.17) is 9.47 Å². The first kappa shape index (κ1) is 28.5. The molecule has 1 heterocycles. The maximum absolute atomic E-state index is 13.1. The number of methoxy groups -OCH3 is 2. The van der Waals surface area contributed by atoms with E-state index >= 15 is 0 Å². The first-order valence-electron chi connectivity index (χ1n) is 12.8. The highest BCUT2D eigenvalue weighted by atomic mass is 16.5. The van der Waals surface area contributed by atoms with Gasteiger partial charge in [0.05, 0.1) is 19.6 Å². The van der Waals surface area contributed by atoms with E-state index in [1.807, 2.05) is 6.07 Å². The smallest absolute Gasteiger partial charge is 0.162 e. The van der Waals surface area contributed by atoms with Crippen molar-refractivity contribution in [1.29, 1.82) is 0 Å². The zero-order valence-corrected chi connectivity index (χ0v) is 22.7. The summed E-state index contributed by atoms with van der Waals surface area (Å²) < 4.78 is 10.5. The Morgan fingerprint density at radius 2 is 1.43 bits per heavy atom. The van der Waals surface area contributed by atoms with Crippen LogP contribution in [0.15, 0.2) is 30.3 Å². The summed E-state index contributed by atoms with van der Waals surface area (Å²) in [5.41, 5.74) is 1.43. The zero-order chi connectivity index (χ0) is 27.2. The molecular formula is C29H40N2O6. The molecule has 0 saturated carbocycles. The lowest BCUT2D eigenvalue weighted by atomic mass is 9.79. The Hall–Kier alpha value is -3.10. The molecule has 1 aliphatic heterocycles. The summed E-state index contributed by atoms with van der Waals surface area (Å²) in [6, 6.07) is 8.70. The Morgan fingerprint density at radius 3 is 2.03 bits per heavy atom. The number of likely N-dealkylation sites (N-methyl/N-ethyl adjacent to an activating group) is 1. The molecule has 202 valence electrons. The summed E-state index contributed by atoms with van der Waals surface area (Å²) in [5.74, 6) is 0.700. The number of nitrogens with zero attached hydrogens (tertiary/aromatic N) is 2. The molecule has 0 unspecified atom stereocenters. The highest BCUT2D eigenvalue weighted by Gasteiger charge is 2.34. The van der Waals surface area contributed by atoms with Crippen molar-refractivity contribution in [2.24, 2.45) is 5.41 Å². The minimum absolute atomic E-state index is 0.0469. The summed E-state index contributed by atoms with van der Waals surface area (Å²) in [4.78, 5) is 30.7. The van der Waals surface area contributed by atoms with Crippen molar-refractivity contribution in [2.45, 2.75) is 46.1 Å². The fourth-order valence-electron chi connectivity index (χ4n) is 4.57. The number of carbonyl (C=O) groups is 2. The minimum atomic E-state index is -1.11. The summed E-state index contributed by atoms with van der Waals surface area (Å²) in [6.07, 6.45) is 1.34. The van der Waals surface area contributed by atoms with Gasteiger partial charge in [0, 0.05) is 51.1 Å². The van der Waals surface area contributed by atoms with Gasteiger partial charge < -0.3 is 24.6 Å². The molecule has 0 aliphatic carbocycles. The van der Waals surface area contributed by atoms with Gasteiger partial charge in [0.15, 0.2) is 23.0 Å². The number of rotatable bonds is 12. The fraction of sp³-hybridized carbons (Fsp3) is 0.517. The van der Waals surface area contributed by atoms with Gasteiger partial charge in [-0.3, -0.25) is 14.5 Å². The van der Waals surface area contributed by atoms with Crippen LogP contribution in [0.25, 0.3) is 0 Å². The molecule has 1 fully saturated rings. The van der Waals surface area contributed by atoms with Gasteiger partial charge in [0.2, 0.25) is 0 Å². The summed E-state index contributed by atoms with van der Waals surface area (Å²) in [7, 11) is 5.10. The van der Waals surface area contributed by atoms with Gasteiger partial charge in [0.25, 0.3) is 0 Å². The van der Waals surface area contributed by atoms with Crippen LogP contribution < -0.4 is 9.47 Å². The molecule has 1 saturated heterocycles. The second kappa shape index (κ2) is 12.4. The van der Waals surface area contributed by atoms with E-state index in [0.29, 0.717) is 30.9 Å². The molecule has 0 bridgehead atoms. The van der Waals surface area contributed by atoms with Crippen molar-refractivity contribution >= 4 is 11.6 Å². The Kier molecular flexibility index (Phi) is 9.56. The molecule has 0 radical (unpaired) electrons. The number of aryl methyl sites for hydroxylation is 2. The fourth-order valence-corrected chi connectivity index (χ4v) is 4.57. The molecule has 3 rings (SSSR count). The lowest BCUT2D eigenvalue weighted by molar-refractivity contribution is -0.138. The Balaban J connectivity index is 1.62. The van der Waals surface area contributed by atoms with Crippen molar-refractivity contribution in [3.63, 3.8) is 0 Å². The van der Waals surface area contributed by atoms with Crippen LogP contribution in [0.5, 0.6) is 23.0 Å². The van der Waals surface area contributed by atoms with Gasteiger partial charge in [-0.2, -0.15) is 0 Å². The van der Waals surface area contributed by atoms with Crippen LogP contribution in [0.2, 0.25) is 0 Å². The lowest BCUT2D eigenvalue weighted by Crippen LogP contribution is -2.43. The van der Waals surface area contributed by atoms with Crippen LogP contribution in [-0.2, 0) is 29.0 Å². The number of phenolic OH excluding ortho intramolecular Hbond substituents is 2. The highest BCUT2D eigenvalue weighted by Crippen LogP contribution is 2.34. The predicted octanol–water partition coefficient (Wildman–Crippen LogP) is 3.59. The third-order valence-corrected chi connectivity index (χ3v) is 7.34. The Morgan fingerprint density at radius 1 is 0.865 bits per heavy atom. The number of ketones is 2. The summed E-state index contributed by atoms with van der Waals surface area (Å²) in [5, 5.41) is 20.4. The van der Waals surface area contributed by atoms with Gasteiger partial charge in [-0.1, -0.05) is 12.1 Å². The number of hydrogen-bond acceptors (Lipinski definition) is 8. The molecular weight excluding hydrogens is 472 g/mol. The number of piperazine rings is 1. The van der Waals surface area contributed by atoms with Crippen molar-refractivity contribution < 1.29 is 29.3 Å². The largest absolute Gasteiger partial charge is 0.504 e. The number of benzene rings is 2. The van der Waals surface area contributed by atoms with E-state index in [1.54, 1.807) is 38.1 Å². The Labute approximate surface area is 219 Å². The monoisotopic (exact) mass is 512 g/mol. The van der Waals surface area contributed by atoms with Crippen LogP contribution in [0.4, 0.5) is 0 Å². The van der Waals surface area contributed by atoms with Gasteiger partial charge in [-0.05, 0) is 63.1 Å². The average molecular weight is 513 g/mol. The third-order valence-electron chi connectivity index (χ3n) is 7.34. The first-order chi connectivity index (χ1) is 17.5. The highest BCUT2D eigenvalue weighted by molar-refractivity contribution is 6.06. The third kappa shape index (κ3) is 7.23. The molecule has 0 atom stereocenters. The van der Waals surface area contributed by atoms with Gasteiger partial charge in [-0.15, -0.1) is 0 Å². The zero-order valence-electron chi connectivity index (χ0n) is 22.7. The second-order valence-electron chi connectivity index (χ2n) is 10.4.